The third kappa shape index (κ3) is 3.29. The highest BCUT2D eigenvalue weighted by Gasteiger charge is 2.30. The Hall–Kier alpha value is -0.0400. The molecule has 0 atom stereocenters. The van der Waals surface area contributed by atoms with Gasteiger partial charge in [-0.2, -0.15) is 4.31 Å². The van der Waals surface area contributed by atoms with E-state index in [2.05, 4.69) is 15.9 Å². The van der Waals surface area contributed by atoms with E-state index >= 15 is 0 Å². The summed E-state index contributed by atoms with van der Waals surface area (Å²) in [4.78, 5) is 0.139. The van der Waals surface area contributed by atoms with Crippen LogP contribution in [0.4, 0.5) is 0 Å². The minimum atomic E-state index is -3.55. The van der Waals surface area contributed by atoms with Crippen LogP contribution in [0.1, 0.15) is 33.0 Å². The first-order valence-electron chi connectivity index (χ1n) is 5.70. The molecule has 0 radical (unpaired) electrons. The first kappa shape index (κ1) is 16.0. The predicted molar refractivity (Wildman–Crippen MR) is 75.3 cm³/mol. The summed E-state index contributed by atoms with van der Waals surface area (Å²) in [6.07, 6.45) is 0.759. The summed E-state index contributed by atoms with van der Waals surface area (Å²) in [6.45, 7) is 6.13. The molecule has 7 heteroatoms. The lowest BCUT2D eigenvalue weighted by molar-refractivity contribution is 0.353. The van der Waals surface area contributed by atoms with E-state index in [1.807, 2.05) is 20.8 Å². The Balaban J connectivity index is 3.21. The van der Waals surface area contributed by atoms with Crippen LogP contribution < -0.4 is 0 Å². The molecule has 4 nitrogen and oxygen atoms in total. The van der Waals surface area contributed by atoms with E-state index in [4.69, 9.17) is 16.0 Å². The minimum Gasteiger partial charge on any atom is -0.452 e. The molecule has 0 amide bonds. The molecule has 0 unspecified atom stereocenters. The fourth-order valence-corrected chi connectivity index (χ4v) is 4.47. The topological polar surface area (TPSA) is 50.5 Å². The fraction of sp³-hybridized carbons (Fsp3) is 0.636. The van der Waals surface area contributed by atoms with Crippen molar-refractivity contribution in [2.45, 2.75) is 44.0 Å². The van der Waals surface area contributed by atoms with Gasteiger partial charge in [0.05, 0.1) is 5.88 Å². The van der Waals surface area contributed by atoms with E-state index in [-0.39, 0.29) is 21.5 Å². The van der Waals surface area contributed by atoms with Crippen LogP contribution in [-0.2, 0) is 15.9 Å². The van der Waals surface area contributed by atoms with Crippen molar-refractivity contribution in [2.75, 3.05) is 6.54 Å². The summed E-state index contributed by atoms with van der Waals surface area (Å²) < 4.78 is 31.9. The lowest BCUT2D eigenvalue weighted by atomic mass is 10.4. The number of alkyl halides is 1. The van der Waals surface area contributed by atoms with Gasteiger partial charge in [-0.05, 0) is 36.2 Å². The molecule has 0 spiro atoms. The van der Waals surface area contributed by atoms with Gasteiger partial charge in [-0.25, -0.2) is 8.42 Å². The summed E-state index contributed by atoms with van der Waals surface area (Å²) >= 11 is 8.77. The molecule has 0 bridgehead atoms. The molecule has 18 heavy (non-hydrogen) atoms. The molecule has 1 heterocycles. The first-order valence-corrected chi connectivity index (χ1v) is 8.47. The Morgan fingerprint density at radius 2 is 2.11 bits per heavy atom. The molecule has 0 aliphatic heterocycles. The maximum absolute atomic E-state index is 12.5. The van der Waals surface area contributed by atoms with E-state index in [0.29, 0.717) is 12.3 Å². The van der Waals surface area contributed by atoms with Crippen molar-refractivity contribution in [3.8, 4) is 0 Å². The van der Waals surface area contributed by atoms with E-state index in [1.54, 1.807) is 0 Å². The smallest absolute Gasteiger partial charge is 0.247 e. The number of hydrogen-bond acceptors (Lipinski definition) is 3. The Kier molecular flexibility index (Phi) is 5.70. The predicted octanol–water partition coefficient (Wildman–Crippen LogP) is 3.59. The zero-order valence-corrected chi connectivity index (χ0v) is 13.8. The van der Waals surface area contributed by atoms with Crippen LogP contribution in [0.25, 0.3) is 0 Å². The Morgan fingerprint density at radius 3 is 2.50 bits per heavy atom. The summed E-state index contributed by atoms with van der Waals surface area (Å²) in [5, 5.41) is 0. The van der Waals surface area contributed by atoms with Crippen LogP contribution in [0.3, 0.4) is 0 Å². The second kappa shape index (κ2) is 6.41. The Labute approximate surface area is 121 Å². The molecule has 0 aliphatic carbocycles. The van der Waals surface area contributed by atoms with E-state index in [9.17, 15) is 8.42 Å². The van der Waals surface area contributed by atoms with Crippen LogP contribution >= 0.6 is 27.5 Å². The van der Waals surface area contributed by atoms with Gasteiger partial charge in [0.25, 0.3) is 0 Å². The third-order valence-corrected chi connectivity index (χ3v) is 5.64. The highest BCUT2D eigenvalue weighted by Crippen LogP contribution is 2.30. The third-order valence-electron chi connectivity index (χ3n) is 2.44. The van der Waals surface area contributed by atoms with Gasteiger partial charge in [-0.15, -0.1) is 11.6 Å². The summed E-state index contributed by atoms with van der Waals surface area (Å²) in [5.41, 5.74) is 0. The Morgan fingerprint density at radius 1 is 1.50 bits per heavy atom. The van der Waals surface area contributed by atoms with Gasteiger partial charge < -0.3 is 4.42 Å². The number of nitrogens with zero attached hydrogens (tertiary/aromatic N) is 1. The standard InChI is InChI=1S/C11H17BrClNO3S/c1-4-5-14(8(2)3)18(15,16)10-6-9(7-13)17-11(10)12/h6,8H,4-5,7H2,1-3H3. The summed E-state index contributed by atoms with van der Waals surface area (Å²) in [5.74, 6) is 0.575. The van der Waals surface area contributed by atoms with Gasteiger partial charge >= 0.3 is 0 Å². The average molecular weight is 359 g/mol. The van der Waals surface area contributed by atoms with Crippen LogP contribution in [0.2, 0.25) is 0 Å². The molecule has 1 rings (SSSR count). The number of sulfonamides is 1. The second-order valence-electron chi connectivity index (χ2n) is 4.19. The SMILES string of the molecule is CCCN(C(C)C)S(=O)(=O)c1cc(CCl)oc1Br. The Bertz CT molecular complexity index is 498. The van der Waals surface area contributed by atoms with Crippen molar-refractivity contribution >= 4 is 37.6 Å². The molecular formula is C11H17BrClNO3S. The van der Waals surface area contributed by atoms with Crippen molar-refractivity contribution < 1.29 is 12.8 Å². The van der Waals surface area contributed by atoms with Crippen molar-refractivity contribution in [1.82, 2.24) is 4.31 Å². The quantitative estimate of drug-likeness (QED) is 0.730. The van der Waals surface area contributed by atoms with Crippen LogP contribution in [0.15, 0.2) is 20.0 Å². The van der Waals surface area contributed by atoms with Crippen molar-refractivity contribution in [2.24, 2.45) is 0 Å². The maximum Gasteiger partial charge on any atom is 0.247 e. The van der Waals surface area contributed by atoms with Crippen molar-refractivity contribution in [3.63, 3.8) is 0 Å². The normalized spacial score (nSPS) is 12.6. The minimum absolute atomic E-state index is 0.101. The molecule has 0 N–H and O–H groups in total. The van der Waals surface area contributed by atoms with E-state index in [0.717, 1.165) is 6.42 Å². The van der Waals surface area contributed by atoms with Gasteiger partial charge in [-0.1, -0.05) is 6.92 Å². The highest BCUT2D eigenvalue weighted by atomic mass is 79.9. The second-order valence-corrected chi connectivity index (χ2v) is 7.04. The molecule has 0 fully saturated rings. The summed E-state index contributed by atoms with van der Waals surface area (Å²) in [7, 11) is -3.55. The number of hydrogen-bond donors (Lipinski definition) is 0. The van der Waals surface area contributed by atoms with Gasteiger partial charge in [0.1, 0.15) is 10.7 Å². The summed E-state index contributed by atoms with van der Waals surface area (Å²) in [6, 6.07) is 1.37. The van der Waals surface area contributed by atoms with Crippen molar-refractivity contribution in [1.29, 1.82) is 0 Å². The molecule has 1 aromatic heterocycles. The largest absolute Gasteiger partial charge is 0.452 e. The van der Waals surface area contributed by atoms with E-state index < -0.39 is 10.0 Å². The molecule has 1 aromatic rings. The molecule has 104 valence electrons. The molecule has 0 aromatic carbocycles. The number of halogens is 2. The van der Waals surface area contributed by atoms with E-state index in [1.165, 1.54) is 10.4 Å². The maximum atomic E-state index is 12.5. The first-order chi connectivity index (χ1) is 8.34. The van der Waals surface area contributed by atoms with Gasteiger partial charge in [0, 0.05) is 18.7 Å². The van der Waals surface area contributed by atoms with Gasteiger partial charge in [-0.3, -0.25) is 0 Å². The highest BCUT2D eigenvalue weighted by molar-refractivity contribution is 9.10. The average Bonchev–Trinajstić information content (AvgIpc) is 2.67. The molecular weight excluding hydrogens is 342 g/mol. The molecule has 0 aliphatic rings. The molecule has 0 saturated heterocycles. The van der Waals surface area contributed by atoms with Crippen molar-refractivity contribution in [3.05, 3.63) is 16.5 Å². The van der Waals surface area contributed by atoms with Crippen LogP contribution in [0.5, 0.6) is 0 Å². The zero-order valence-electron chi connectivity index (χ0n) is 10.6. The lowest BCUT2D eigenvalue weighted by Gasteiger charge is -2.24. The number of rotatable bonds is 6. The van der Waals surface area contributed by atoms with Gasteiger partial charge in [0.2, 0.25) is 10.0 Å². The van der Waals surface area contributed by atoms with Crippen LogP contribution in [0, 0.1) is 0 Å². The monoisotopic (exact) mass is 357 g/mol. The van der Waals surface area contributed by atoms with Gasteiger partial charge in [0.15, 0.2) is 4.67 Å². The molecule has 0 saturated carbocycles. The van der Waals surface area contributed by atoms with Crippen LogP contribution in [-0.4, -0.2) is 25.3 Å². The number of furan rings is 1. The fourth-order valence-electron chi connectivity index (χ4n) is 1.64. The zero-order chi connectivity index (χ0) is 13.9. The lowest BCUT2D eigenvalue weighted by Crippen LogP contribution is -2.37.